The molecule has 1 nitrogen and oxygen atoms in total. The Bertz CT molecular complexity index is 269. The SMILES string of the molecule is Cc1ccc(CN(C)C)c(Cl)c1. The summed E-state index contributed by atoms with van der Waals surface area (Å²) in [5, 5.41) is 0.865. The van der Waals surface area contributed by atoms with Crippen molar-refractivity contribution in [2.75, 3.05) is 14.1 Å². The molecule has 12 heavy (non-hydrogen) atoms. The normalized spacial score (nSPS) is 10.8. The molecule has 66 valence electrons. The second kappa shape index (κ2) is 3.92. The van der Waals surface area contributed by atoms with Crippen LogP contribution >= 0.6 is 11.6 Å². The summed E-state index contributed by atoms with van der Waals surface area (Å²) in [6, 6.07) is 6.17. The Morgan fingerprint density at radius 3 is 2.50 bits per heavy atom. The van der Waals surface area contributed by atoms with Gasteiger partial charge in [-0.2, -0.15) is 0 Å². The largest absolute Gasteiger partial charge is 0.305 e. The molecule has 0 spiro atoms. The van der Waals surface area contributed by atoms with Crippen LogP contribution in [-0.4, -0.2) is 19.0 Å². The Morgan fingerprint density at radius 1 is 1.33 bits per heavy atom. The molecule has 1 rings (SSSR count). The molecule has 0 unspecified atom stereocenters. The van der Waals surface area contributed by atoms with Crippen molar-refractivity contribution in [3.63, 3.8) is 0 Å². The summed E-state index contributed by atoms with van der Waals surface area (Å²) in [4.78, 5) is 2.11. The number of nitrogens with zero attached hydrogens (tertiary/aromatic N) is 1. The van der Waals surface area contributed by atoms with Gasteiger partial charge in [-0.05, 0) is 38.2 Å². The highest BCUT2D eigenvalue weighted by Gasteiger charge is 2.00. The first kappa shape index (κ1) is 9.56. The lowest BCUT2D eigenvalue weighted by molar-refractivity contribution is 0.402. The summed E-state index contributed by atoms with van der Waals surface area (Å²) in [7, 11) is 4.08. The highest BCUT2D eigenvalue weighted by Crippen LogP contribution is 2.18. The van der Waals surface area contributed by atoms with E-state index in [2.05, 4.69) is 17.0 Å². The first-order valence-corrected chi connectivity index (χ1v) is 4.37. The number of aryl methyl sites for hydroxylation is 1. The number of benzene rings is 1. The van der Waals surface area contributed by atoms with Crippen LogP contribution in [0.4, 0.5) is 0 Å². The fourth-order valence-electron chi connectivity index (χ4n) is 1.12. The molecule has 0 atom stereocenters. The van der Waals surface area contributed by atoms with E-state index in [-0.39, 0.29) is 0 Å². The number of halogens is 1. The third-order valence-corrected chi connectivity index (χ3v) is 2.05. The second-order valence-electron chi connectivity index (χ2n) is 3.33. The van der Waals surface area contributed by atoms with E-state index in [4.69, 9.17) is 11.6 Å². The van der Waals surface area contributed by atoms with Crippen LogP contribution in [0.3, 0.4) is 0 Å². The third kappa shape index (κ3) is 2.50. The molecule has 0 aliphatic rings. The summed E-state index contributed by atoms with van der Waals surface area (Å²) in [5.74, 6) is 0. The van der Waals surface area contributed by atoms with Gasteiger partial charge < -0.3 is 4.90 Å². The van der Waals surface area contributed by atoms with Crippen LogP contribution in [0.5, 0.6) is 0 Å². The van der Waals surface area contributed by atoms with Crippen molar-refractivity contribution in [3.8, 4) is 0 Å². The molecule has 0 aliphatic carbocycles. The Labute approximate surface area is 79.0 Å². The van der Waals surface area contributed by atoms with Crippen molar-refractivity contribution in [3.05, 3.63) is 34.3 Å². The molecule has 0 radical (unpaired) electrons. The van der Waals surface area contributed by atoms with Gasteiger partial charge in [-0.3, -0.25) is 0 Å². The minimum atomic E-state index is 0.865. The molecule has 0 saturated heterocycles. The van der Waals surface area contributed by atoms with E-state index in [9.17, 15) is 0 Å². The first-order chi connectivity index (χ1) is 5.59. The average Bonchev–Trinajstić information content (AvgIpc) is 1.94. The summed E-state index contributed by atoms with van der Waals surface area (Å²) in [5.41, 5.74) is 2.40. The maximum Gasteiger partial charge on any atom is 0.0453 e. The first-order valence-electron chi connectivity index (χ1n) is 3.99. The molecule has 1 aromatic carbocycles. The van der Waals surface area contributed by atoms with Crippen LogP contribution in [0.1, 0.15) is 11.1 Å². The van der Waals surface area contributed by atoms with Crippen molar-refractivity contribution in [2.24, 2.45) is 0 Å². The van der Waals surface area contributed by atoms with E-state index >= 15 is 0 Å². The lowest BCUT2D eigenvalue weighted by atomic mass is 10.1. The van der Waals surface area contributed by atoms with Crippen molar-refractivity contribution in [1.29, 1.82) is 0 Å². The fraction of sp³-hybridized carbons (Fsp3) is 0.400. The molecule has 0 aliphatic heterocycles. The quantitative estimate of drug-likeness (QED) is 0.682. The zero-order chi connectivity index (χ0) is 9.14. The number of rotatable bonds is 2. The third-order valence-electron chi connectivity index (χ3n) is 1.70. The van der Waals surface area contributed by atoms with Crippen LogP contribution in [0.2, 0.25) is 5.02 Å². The molecule has 0 N–H and O–H groups in total. The zero-order valence-corrected chi connectivity index (χ0v) is 8.52. The zero-order valence-electron chi connectivity index (χ0n) is 7.76. The van der Waals surface area contributed by atoms with Crippen LogP contribution in [0, 0.1) is 6.92 Å². The Hall–Kier alpha value is -0.530. The average molecular weight is 184 g/mol. The monoisotopic (exact) mass is 183 g/mol. The molecule has 0 bridgehead atoms. The molecule has 2 heteroatoms. The van der Waals surface area contributed by atoms with E-state index in [0.29, 0.717) is 0 Å². The highest BCUT2D eigenvalue weighted by atomic mass is 35.5. The lowest BCUT2D eigenvalue weighted by Crippen LogP contribution is -2.10. The maximum atomic E-state index is 6.05. The minimum absolute atomic E-state index is 0.865. The molecule has 0 fully saturated rings. The molecule has 0 saturated carbocycles. The van der Waals surface area contributed by atoms with E-state index in [0.717, 1.165) is 11.6 Å². The van der Waals surface area contributed by atoms with Crippen LogP contribution in [0.25, 0.3) is 0 Å². The molecule has 1 aromatic rings. The van der Waals surface area contributed by atoms with Gasteiger partial charge in [0.05, 0.1) is 0 Å². The second-order valence-corrected chi connectivity index (χ2v) is 3.74. The lowest BCUT2D eigenvalue weighted by Gasteiger charge is -2.11. The molecule has 0 heterocycles. The van der Waals surface area contributed by atoms with Gasteiger partial charge in [-0.15, -0.1) is 0 Å². The Morgan fingerprint density at radius 2 is 2.00 bits per heavy atom. The van der Waals surface area contributed by atoms with Crippen molar-refractivity contribution in [1.82, 2.24) is 4.90 Å². The van der Waals surface area contributed by atoms with Crippen LogP contribution < -0.4 is 0 Å². The van der Waals surface area contributed by atoms with Crippen LogP contribution in [-0.2, 0) is 6.54 Å². The van der Waals surface area contributed by atoms with Gasteiger partial charge in [0.2, 0.25) is 0 Å². The summed E-state index contributed by atoms with van der Waals surface area (Å²) >= 11 is 6.05. The summed E-state index contributed by atoms with van der Waals surface area (Å²) in [6.45, 7) is 2.95. The van der Waals surface area contributed by atoms with Crippen molar-refractivity contribution >= 4 is 11.6 Å². The van der Waals surface area contributed by atoms with Crippen LogP contribution in [0.15, 0.2) is 18.2 Å². The smallest absolute Gasteiger partial charge is 0.0453 e. The van der Waals surface area contributed by atoms with E-state index in [1.807, 2.05) is 27.1 Å². The van der Waals surface area contributed by atoms with E-state index < -0.39 is 0 Å². The standard InChI is InChI=1S/C10H14ClN/c1-8-4-5-9(7-12(2)3)10(11)6-8/h4-6H,7H2,1-3H3. The van der Waals surface area contributed by atoms with Gasteiger partial charge in [-0.1, -0.05) is 23.7 Å². The summed E-state index contributed by atoms with van der Waals surface area (Å²) < 4.78 is 0. The number of hydrogen-bond donors (Lipinski definition) is 0. The van der Waals surface area contributed by atoms with Gasteiger partial charge in [0.25, 0.3) is 0 Å². The van der Waals surface area contributed by atoms with Gasteiger partial charge in [0.15, 0.2) is 0 Å². The minimum Gasteiger partial charge on any atom is -0.305 e. The molecule has 0 aromatic heterocycles. The fourth-order valence-corrected chi connectivity index (χ4v) is 1.42. The summed E-state index contributed by atoms with van der Waals surface area (Å²) in [6.07, 6.45) is 0. The molecular weight excluding hydrogens is 170 g/mol. The maximum absolute atomic E-state index is 6.05. The topological polar surface area (TPSA) is 3.24 Å². The molecular formula is C10H14ClN. The van der Waals surface area contributed by atoms with E-state index in [1.54, 1.807) is 0 Å². The molecule has 0 amide bonds. The number of hydrogen-bond acceptors (Lipinski definition) is 1. The highest BCUT2D eigenvalue weighted by molar-refractivity contribution is 6.31. The van der Waals surface area contributed by atoms with Crippen molar-refractivity contribution in [2.45, 2.75) is 13.5 Å². The van der Waals surface area contributed by atoms with Gasteiger partial charge in [0, 0.05) is 11.6 Å². The predicted octanol–water partition coefficient (Wildman–Crippen LogP) is 2.71. The van der Waals surface area contributed by atoms with E-state index in [1.165, 1.54) is 11.1 Å². The van der Waals surface area contributed by atoms with Gasteiger partial charge in [-0.25, -0.2) is 0 Å². The predicted molar refractivity (Wildman–Crippen MR) is 53.6 cm³/mol. The van der Waals surface area contributed by atoms with Gasteiger partial charge >= 0.3 is 0 Å². The van der Waals surface area contributed by atoms with Gasteiger partial charge in [0.1, 0.15) is 0 Å². The van der Waals surface area contributed by atoms with Crippen molar-refractivity contribution < 1.29 is 0 Å². The Balaban J connectivity index is 2.86. The Kier molecular flexibility index (Phi) is 3.12.